The number of thiazole rings is 1. The number of hydrogen-bond donors (Lipinski definition) is 0. The SMILES string of the molecule is CC(=O)N(C)c1ccc2sc(C)[n+](Cc3ccccc3)c2c1.[Br-]. The number of anilines is 1. The summed E-state index contributed by atoms with van der Waals surface area (Å²) < 4.78 is 3.56. The lowest BCUT2D eigenvalue weighted by Gasteiger charge is -2.13. The van der Waals surface area contributed by atoms with Gasteiger partial charge in [0.2, 0.25) is 16.4 Å². The summed E-state index contributed by atoms with van der Waals surface area (Å²) in [4.78, 5) is 13.3. The van der Waals surface area contributed by atoms with Crippen LogP contribution in [-0.2, 0) is 11.3 Å². The van der Waals surface area contributed by atoms with Crippen molar-refractivity contribution in [1.82, 2.24) is 0 Å². The van der Waals surface area contributed by atoms with Gasteiger partial charge in [0.1, 0.15) is 4.70 Å². The molecule has 0 aliphatic rings. The van der Waals surface area contributed by atoms with Crippen molar-refractivity contribution in [3.63, 3.8) is 0 Å². The molecule has 0 fully saturated rings. The molecule has 0 radical (unpaired) electrons. The molecule has 0 atom stereocenters. The summed E-state index contributed by atoms with van der Waals surface area (Å²) in [5, 5.41) is 1.27. The fraction of sp³-hybridized carbons (Fsp3) is 0.222. The lowest BCUT2D eigenvalue weighted by molar-refractivity contribution is -0.663. The van der Waals surface area contributed by atoms with Crippen LogP contribution in [-0.4, -0.2) is 13.0 Å². The molecule has 3 nitrogen and oxygen atoms in total. The summed E-state index contributed by atoms with van der Waals surface area (Å²) in [7, 11) is 1.81. The topological polar surface area (TPSA) is 24.2 Å². The van der Waals surface area contributed by atoms with Crippen LogP contribution in [0.5, 0.6) is 0 Å². The van der Waals surface area contributed by atoms with Gasteiger partial charge in [-0.15, -0.1) is 0 Å². The van der Waals surface area contributed by atoms with Crippen molar-refractivity contribution in [2.24, 2.45) is 0 Å². The van der Waals surface area contributed by atoms with E-state index in [1.165, 1.54) is 20.8 Å². The number of carbonyl (C=O) groups is 1. The van der Waals surface area contributed by atoms with Crippen LogP contribution in [0.3, 0.4) is 0 Å². The van der Waals surface area contributed by atoms with Crippen molar-refractivity contribution in [3.05, 3.63) is 59.1 Å². The molecule has 0 spiro atoms. The zero-order chi connectivity index (χ0) is 15.7. The maximum atomic E-state index is 11.6. The largest absolute Gasteiger partial charge is 1.00 e. The summed E-state index contributed by atoms with van der Waals surface area (Å²) in [5.74, 6) is 0.0425. The summed E-state index contributed by atoms with van der Waals surface area (Å²) in [6, 6.07) is 16.7. The van der Waals surface area contributed by atoms with Gasteiger partial charge in [-0.1, -0.05) is 41.7 Å². The van der Waals surface area contributed by atoms with E-state index in [1.54, 1.807) is 23.2 Å². The third-order valence-corrected chi connectivity index (χ3v) is 5.00. The highest BCUT2D eigenvalue weighted by atomic mass is 79.9. The number of amides is 1. The molecule has 2 aromatic carbocycles. The molecule has 3 aromatic rings. The summed E-state index contributed by atoms with van der Waals surface area (Å²) in [6.07, 6.45) is 0. The van der Waals surface area contributed by atoms with Crippen molar-refractivity contribution < 1.29 is 26.3 Å². The Morgan fingerprint density at radius 1 is 1.17 bits per heavy atom. The normalized spacial score (nSPS) is 10.4. The van der Waals surface area contributed by atoms with Crippen LogP contribution < -0.4 is 26.4 Å². The monoisotopic (exact) mass is 390 g/mol. The van der Waals surface area contributed by atoms with Gasteiger partial charge in [-0.3, -0.25) is 4.79 Å². The minimum atomic E-state index is 0. The number of halogens is 1. The molecule has 0 aliphatic carbocycles. The van der Waals surface area contributed by atoms with Gasteiger partial charge in [0.15, 0.2) is 6.54 Å². The second-order valence-electron chi connectivity index (χ2n) is 5.42. The van der Waals surface area contributed by atoms with Gasteiger partial charge in [0.25, 0.3) is 0 Å². The second kappa shape index (κ2) is 7.23. The van der Waals surface area contributed by atoms with Crippen LogP contribution in [0.2, 0.25) is 0 Å². The Morgan fingerprint density at radius 3 is 2.52 bits per heavy atom. The van der Waals surface area contributed by atoms with Crippen LogP contribution >= 0.6 is 11.3 Å². The minimum Gasteiger partial charge on any atom is -1.00 e. The number of benzene rings is 2. The van der Waals surface area contributed by atoms with Crippen molar-refractivity contribution in [3.8, 4) is 0 Å². The number of nitrogens with zero attached hydrogens (tertiary/aromatic N) is 2. The van der Waals surface area contributed by atoms with Crippen LogP contribution in [0.1, 0.15) is 17.5 Å². The molecule has 0 aliphatic heterocycles. The molecule has 120 valence electrons. The van der Waals surface area contributed by atoms with Crippen LogP contribution in [0, 0.1) is 6.92 Å². The van der Waals surface area contributed by atoms with E-state index in [1.807, 2.05) is 19.2 Å². The molecule has 1 aromatic heterocycles. The number of rotatable bonds is 3. The molecule has 0 N–H and O–H groups in total. The Bertz CT molecular complexity index is 830. The summed E-state index contributed by atoms with van der Waals surface area (Å²) in [6.45, 7) is 4.57. The highest BCUT2D eigenvalue weighted by Crippen LogP contribution is 2.25. The number of carbonyl (C=O) groups excluding carboxylic acids is 1. The van der Waals surface area contributed by atoms with Crippen LogP contribution in [0.4, 0.5) is 5.69 Å². The first-order valence-corrected chi connectivity index (χ1v) is 8.09. The highest BCUT2D eigenvalue weighted by molar-refractivity contribution is 7.18. The van der Waals surface area contributed by atoms with Gasteiger partial charge in [-0.2, -0.15) is 4.57 Å². The molecule has 0 bridgehead atoms. The molecule has 5 heteroatoms. The zero-order valence-electron chi connectivity index (χ0n) is 13.4. The average molecular weight is 391 g/mol. The van der Waals surface area contributed by atoms with E-state index in [-0.39, 0.29) is 22.9 Å². The fourth-order valence-electron chi connectivity index (χ4n) is 2.54. The zero-order valence-corrected chi connectivity index (χ0v) is 15.8. The van der Waals surface area contributed by atoms with Gasteiger partial charge in [0.05, 0.1) is 0 Å². The Labute approximate surface area is 150 Å². The first kappa shape index (κ1) is 17.6. The Kier molecular flexibility index (Phi) is 5.55. The average Bonchev–Trinajstić information content (AvgIpc) is 2.83. The van der Waals surface area contributed by atoms with Crippen molar-refractivity contribution in [1.29, 1.82) is 0 Å². The minimum absolute atomic E-state index is 0. The fourth-order valence-corrected chi connectivity index (χ4v) is 3.54. The third-order valence-electron chi connectivity index (χ3n) is 3.91. The standard InChI is InChI=1S/C18H19N2OS.BrH/c1-13(21)19(3)16-9-10-18-17(11-16)20(14(2)22-18)12-15-7-5-4-6-8-15;/h4-11H,12H2,1-3H3;1H/q+1;/p-1. The van der Waals surface area contributed by atoms with Gasteiger partial charge < -0.3 is 21.9 Å². The molecule has 3 rings (SSSR count). The van der Waals surface area contributed by atoms with E-state index < -0.39 is 0 Å². The number of hydrogen-bond acceptors (Lipinski definition) is 2. The maximum absolute atomic E-state index is 11.6. The van der Waals surface area contributed by atoms with Gasteiger partial charge in [-0.05, 0) is 12.1 Å². The third kappa shape index (κ3) is 3.62. The van der Waals surface area contributed by atoms with Gasteiger partial charge >= 0.3 is 0 Å². The molecule has 1 heterocycles. The lowest BCUT2D eigenvalue weighted by Crippen LogP contribution is -3.00. The van der Waals surface area contributed by atoms with E-state index in [0.29, 0.717) is 0 Å². The second-order valence-corrected chi connectivity index (χ2v) is 6.66. The summed E-state index contributed by atoms with van der Waals surface area (Å²) >= 11 is 1.79. The molecule has 23 heavy (non-hydrogen) atoms. The molecule has 0 saturated heterocycles. The van der Waals surface area contributed by atoms with Gasteiger partial charge in [-0.25, -0.2) is 0 Å². The number of aromatic nitrogens is 1. The van der Waals surface area contributed by atoms with Crippen LogP contribution in [0.15, 0.2) is 48.5 Å². The Balaban J connectivity index is 0.00000192. The molecular weight excluding hydrogens is 372 g/mol. The van der Waals surface area contributed by atoms with E-state index in [0.717, 1.165) is 12.2 Å². The van der Waals surface area contributed by atoms with E-state index in [2.05, 4.69) is 47.9 Å². The number of fused-ring (bicyclic) bond motifs is 1. The first-order valence-electron chi connectivity index (χ1n) is 7.27. The maximum Gasteiger partial charge on any atom is 0.235 e. The van der Waals surface area contributed by atoms with Crippen molar-refractivity contribution in [2.45, 2.75) is 20.4 Å². The predicted molar refractivity (Wildman–Crippen MR) is 91.4 cm³/mol. The van der Waals surface area contributed by atoms with Crippen molar-refractivity contribution in [2.75, 3.05) is 11.9 Å². The lowest BCUT2D eigenvalue weighted by atomic mass is 10.2. The molecule has 1 amide bonds. The van der Waals surface area contributed by atoms with Gasteiger partial charge in [0, 0.05) is 38.2 Å². The Hall–Kier alpha value is -1.72. The Morgan fingerprint density at radius 2 is 1.87 bits per heavy atom. The highest BCUT2D eigenvalue weighted by Gasteiger charge is 2.19. The van der Waals surface area contributed by atoms with E-state index in [4.69, 9.17) is 0 Å². The molecule has 0 unspecified atom stereocenters. The number of aryl methyl sites for hydroxylation is 1. The molecular formula is C18H19BrN2OS. The predicted octanol–water partition coefficient (Wildman–Crippen LogP) is 0.532. The first-order chi connectivity index (χ1) is 10.6. The smallest absolute Gasteiger partial charge is 0.235 e. The van der Waals surface area contributed by atoms with Crippen molar-refractivity contribution >= 4 is 33.1 Å². The summed E-state index contributed by atoms with van der Waals surface area (Å²) in [5.41, 5.74) is 3.39. The van der Waals surface area contributed by atoms with E-state index >= 15 is 0 Å². The van der Waals surface area contributed by atoms with Crippen LogP contribution in [0.25, 0.3) is 10.2 Å². The quantitative estimate of drug-likeness (QED) is 0.598. The molecule has 0 saturated carbocycles. The van der Waals surface area contributed by atoms with E-state index in [9.17, 15) is 4.79 Å².